The highest BCUT2D eigenvalue weighted by Gasteiger charge is 2.62. The van der Waals surface area contributed by atoms with Crippen molar-refractivity contribution in [3.63, 3.8) is 0 Å². The van der Waals surface area contributed by atoms with Gasteiger partial charge in [-0.05, 0) is 89.6 Å². The SMILES string of the molecule is CCC(CC)C(=O)Nc1ncnn2c([C@]3(C#N)O[C@H](COC(=O)CC4CCCC4)[C@@H](OC(=O)[C@H](NC(=O)OC(C)(C)C)C(C)(C)C)[C@H]3O[Si](C)(C)C)ccc12. The number of carbonyl (C=O) groups is 4. The number of anilines is 1. The number of ether oxygens (including phenoxy) is 4. The summed E-state index contributed by atoms with van der Waals surface area (Å²) in [6.45, 7) is 19.8. The van der Waals surface area contributed by atoms with Gasteiger partial charge in [-0.3, -0.25) is 9.59 Å². The van der Waals surface area contributed by atoms with E-state index < -0.39 is 67.3 Å². The summed E-state index contributed by atoms with van der Waals surface area (Å²) in [5.74, 6) is -1.19. The van der Waals surface area contributed by atoms with Gasteiger partial charge in [0.25, 0.3) is 0 Å². The predicted molar refractivity (Wildman–Crippen MR) is 206 cm³/mol. The fraction of sp³-hybridized carbons (Fsp3) is 0.718. The van der Waals surface area contributed by atoms with E-state index in [2.05, 4.69) is 26.8 Å². The molecule has 2 aliphatic rings. The molecule has 1 saturated heterocycles. The second-order valence-electron chi connectivity index (χ2n) is 17.7. The lowest BCUT2D eigenvalue weighted by molar-refractivity contribution is -0.164. The molecule has 15 nitrogen and oxygen atoms in total. The Morgan fingerprint density at radius 3 is 2.29 bits per heavy atom. The quantitative estimate of drug-likeness (QED) is 0.122. The minimum atomic E-state index is -2.59. The number of carbonyl (C=O) groups excluding carboxylic acids is 4. The van der Waals surface area contributed by atoms with Crippen LogP contribution in [0.4, 0.5) is 10.6 Å². The van der Waals surface area contributed by atoms with Crippen molar-refractivity contribution < 1.29 is 42.6 Å². The van der Waals surface area contributed by atoms with E-state index in [1.54, 1.807) is 53.7 Å². The molecule has 3 heterocycles. The third-order valence-corrected chi connectivity index (χ3v) is 10.8. The van der Waals surface area contributed by atoms with E-state index in [9.17, 15) is 24.4 Å². The zero-order valence-electron chi connectivity index (χ0n) is 34.3. The molecule has 2 N–H and O–H groups in total. The number of fused-ring (bicyclic) bond motifs is 1. The number of rotatable bonds is 14. The highest BCUT2D eigenvalue weighted by Crippen LogP contribution is 2.45. The smallest absolute Gasteiger partial charge is 0.408 e. The predicted octanol–water partition coefficient (Wildman–Crippen LogP) is 6.42. The number of amides is 2. The molecule has 2 aromatic rings. The van der Waals surface area contributed by atoms with Crippen LogP contribution < -0.4 is 10.6 Å². The van der Waals surface area contributed by atoms with Crippen molar-refractivity contribution >= 4 is 43.6 Å². The minimum absolute atomic E-state index is 0.194. The van der Waals surface area contributed by atoms with Crippen LogP contribution in [0.3, 0.4) is 0 Å². The number of hydrogen-bond acceptors (Lipinski definition) is 12. The van der Waals surface area contributed by atoms with Crippen molar-refractivity contribution in [2.45, 2.75) is 156 Å². The molecule has 2 aromatic heterocycles. The van der Waals surface area contributed by atoms with Gasteiger partial charge in [0.1, 0.15) is 48.4 Å². The average molecular weight is 785 g/mol. The lowest BCUT2D eigenvalue weighted by atomic mass is 9.86. The summed E-state index contributed by atoms with van der Waals surface area (Å²) in [6, 6.07) is 4.43. The third kappa shape index (κ3) is 10.8. The summed E-state index contributed by atoms with van der Waals surface area (Å²) in [6.07, 6.45) is 2.31. The Bertz CT molecular complexity index is 1730. The van der Waals surface area contributed by atoms with Gasteiger partial charge in [0.05, 0.1) is 5.69 Å². The topological polar surface area (TPSA) is 192 Å². The molecule has 0 aromatic carbocycles. The van der Waals surface area contributed by atoms with Crippen molar-refractivity contribution in [1.29, 1.82) is 5.26 Å². The van der Waals surface area contributed by atoms with Crippen LogP contribution in [0.1, 0.15) is 106 Å². The van der Waals surface area contributed by atoms with E-state index in [0.29, 0.717) is 18.4 Å². The fourth-order valence-electron chi connectivity index (χ4n) is 7.08. The maximum atomic E-state index is 14.3. The highest BCUT2D eigenvalue weighted by molar-refractivity contribution is 6.69. The first-order valence-corrected chi connectivity index (χ1v) is 22.8. The molecule has 4 rings (SSSR count). The van der Waals surface area contributed by atoms with Gasteiger partial charge in [0.2, 0.25) is 11.5 Å². The average Bonchev–Trinajstić information content (AvgIpc) is 3.81. The summed E-state index contributed by atoms with van der Waals surface area (Å²) < 4.78 is 32.4. The van der Waals surface area contributed by atoms with Gasteiger partial charge < -0.3 is 34.0 Å². The van der Waals surface area contributed by atoms with Crippen LogP contribution in [0.5, 0.6) is 0 Å². The maximum Gasteiger partial charge on any atom is 0.408 e. The number of nitriles is 1. The van der Waals surface area contributed by atoms with Gasteiger partial charge >= 0.3 is 18.0 Å². The molecule has 0 unspecified atom stereocenters. The van der Waals surface area contributed by atoms with E-state index in [1.807, 2.05) is 33.5 Å². The molecular weight excluding hydrogens is 725 g/mol. The summed E-state index contributed by atoms with van der Waals surface area (Å²) in [7, 11) is -2.59. The zero-order valence-corrected chi connectivity index (χ0v) is 35.3. The molecule has 2 fully saturated rings. The summed E-state index contributed by atoms with van der Waals surface area (Å²) >= 11 is 0. The molecule has 5 atom stereocenters. The summed E-state index contributed by atoms with van der Waals surface area (Å²) in [5.41, 5.74) is -3.00. The van der Waals surface area contributed by atoms with E-state index in [0.717, 1.165) is 25.7 Å². The molecule has 16 heteroatoms. The van der Waals surface area contributed by atoms with E-state index >= 15 is 0 Å². The number of hydrogen-bond donors (Lipinski definition) is 2. The highest BCUT2D eigenvalue weighted by atomic mass is 28.4. The van der Waals surface area contributed by atoms with Gasteiger partial charge in [-0.15, -0.1) is 0 Å². The number of alkyl carbamates (subject to hydrolysis) is 1. The van der Waals surface area contributed by atoms with Gasteiger partial charge in [0, 0.05) is 12.3 Å². The van der Waals surface area contributed by atoms with Crippen molar-refractivity contribution in [1.82, 2.24) is 19.9 Å². The van der Waals surface area contributed by atoms with Gasteiger partial charge in [-0.1, -0.05) is 47.5 Å². The van der Waals surface area contributed by atoms with Crippen LogP contribution in [-0.2, 0) is 43.4 Å². The van der Waals surface area contributed by atoms with Crippen molar-refractivity contribution in [3.05, 3.63) is 24.2 Å². The second-order valence-corrected chi connectivity index (χ2v) is 22.1. The molecule has 55 heavy (non-hydrogen) atoms. The maximum absolute atomic E-state index is 14.3. The summed E-state index contributed by atoms with van der Waals surface area (Å²) in [4.78, 5) is 57.8. The standard InChI is InChI=1S/C39H60N6O9Si/c1-12-25(13-2)34(47)44-33-26-18-19-28(45(26)42-23-41-33)39(22-40)32(54-55(9,10)11)30(27(52-39)21-50-29(46)20-24-16-14-15-17-24)51-35(48)31(37(3,4)5)43-36(49)53-38(6,7)8/h18-19,23-25,27,30-32H,12-17,20-21H2,1-11H3,(H,43,49)(H,41,42,44,47)/t27-,30-,31+,32-,39+/m1/s1. The van der Waals surface area contributed by atoms with E-state index in [1.165, 1.54) is 10.8 Å². The monoisotopic (exact) mass is 784 g/mol. The Kier molecular flexibility index (Phi) is 13.8. The fourth-order valence-corrected chi connectivity index (χ4v) is 8.14. The first-order chi connectivity index (χ1) is 25.6. The molecule has 2 amide bonds. The number of nitrogens with one attached hydrogen (secondary N) is 2. The van der Waals surface area contributed by atoms with Crippen molar-refractivity contribution in [2.75, 3.05) is 11.9 Å². The van der Waals surface area contributed by atoms with Crippen molar-refractivity contribution in [3.8, 4) is 6.07 Å². The Morgan fingerprint density at radius 2 is 1.73 bits per heavy atom. The molecule has 0 bridgehead atoms. The molecule has 1 aliphatic carbocycles. The van der Waals surface area contributed by atoms with E-state index in [4.69, 9.17) is 23.4 Å². The zero-order chi connectivity index (χ0) is 40.9. The van der Waals surface area contributed by atoms with Gasteiger partial charge in [0.15, 0.2) is 20.2 Å². The first-order valence-electron chi connectivity index (χ1n) is 19.4. The summed E-state index contributed by atoms with van der Waals surface area (Å²) in [5, 5.41) is 21.2. The number of aromatic nitrogens is 3. The van der Waals surface area contributed by atoms with Gasteiger partial charge in [-0.2, -0.15) is 10.4 Å². The molecule has 0 spiro atoms. The first kappa shape index (κ1) is 43.7. The van der Waals surface area contributed by atoms with Crippen LogP contribution >= 0.6 is 0 Å². The van der Waals surface area contributed by atoms with E-state index in [-0.39, 0.29) is 42.3 Å². The normalized spacial score (nSPS) is 22.6. The lowest BCUT2D eigenvalue weighted by Gasteiger charge is -2.35. The van der Waals surface area contributed by atoms with Crippen LogP contribution in [0.15, 0.2) is 18.5 Å². The Labute approximate surface area is 325 Å². The van der Waals surface area contributed by atoms with Crippen molar-refractivity contribution in [2.24, 2.45) is 17.3 Å². The van der Waals surface area contributed by atoms with Gasteiger partial charge in [-0.25, -0.2) is 19.1 Å². The lowest BCUT2D eigenvalue weighted by Crippen LogP contribution is -2.55. The number of esters is 2. The largest absolute Gasteiger partial charge is 0.463 e. The van der Waals surface area contributed by atoms with Crippen LogP contribution in [-0.4, -0.2) is 83.4 Å². The number of nitrogens with zero attached hydrogens (tertiary/aromatic N) is 4. The van der Waals surface area contributed by atoms with Crippen LogP contribution in [0.2, 0.25) is 19.6 Å². The minimum Gasteiger partial charge on any atom is -0.463 e. The van der Waals surface area contributed by atoms with Crippen LogP contribution in [0.25, 0.3) is 5.52 Å². The second kappa shape index (κ2) is 17.4. The third-order valence-electron chi connectivity index (χ3n) is 9.83. The molecular formula is C39H60N6O9Si. The van der Waals surface area contributed by atoms with Crippen LogP contribution in [0, 0.1) is 28.6 Å². The Morgan fingerprint density at radius 1 is 1.07 bits per heavy atom. The Hall–Kier alpha value is -4.07. The molecule has 1 saturated carbocycles. The molecule has 304 valence electrons. The Balaban J connectivity index is 1.80. The molecule has 0 radical (unpaired) electrons. The molecule has 1 aliphatic heterocycles.